The molecule has 0 aliphatic carbocycles. The van der Waals surface area contributed by atoms with Gasteiger partial charge in [0.25, 0.3) is 0 Å². The van der Waals surface area contributed by atoms with Gasteiger partial charge >= 0.3 is 0 Å². The summed E-state index contributed by atoms with van der Waals surface area (Å²) in [5.41, 5.74) is 6.50. The SMILES string of the molecule is NCCC(=O)NCC1CCCCN1C(=O)CCc1ccncc1. The molecular formula is C17H26N4O2. The van der Waals surface area contributed by atoms with Crippen LogP contribution in [-0.4, -0.2) is 47.4 Å². The fourth-order valence-corrected chi connectivity index (χ4v) is 2.94. The number of pyridine rings is 1. The topological polar surface area (TPSA) is 88.3 Å². The maximum Gasteiger partial charge on any atom is 0.223 e. The lowest BCUT2D eigenvalue weighted by Gasteiger charge is -2.36. The lowest BCUT2D eigenvalue weighted by molar-refractivity contribution is -0.135. The molecule has 0 bridgehead atoms. The van der Waals surface area contributed by atoms with E-state index >= 15 is 0 Å². The number of aromatic nitrogens is 1. The minimum atomic E-state index is -0.0396. The molecule has 1 saturated heterocycles. The summed E-state index contributed by atoms with van der Waals surface area (Å²) in [7, 11) is 0. The molecule has 23 heavy (non-hydrogen) atoms. The Hall–Kier alpha value is -1.95. The van der Waals surface area contributed by atoms with E-state index in [4.69, 9.17) is 5.73 Å². The third-order valence-electron chi connectivity index (χ3n) is 4.23. The number of aryl methyl sites for hydroxylation is 1. The summed E-state index contributed by atoms with van der Waals surface area (Å²) < 4.78 is 0. The van der Waals surface area contributed by atoms with Gasteiger partial charge in [0, 0.05) is 50.9 Å². The molecule has 0 aromatic carbocycles. The number of rotatable bonds is 7. The van der Waals surface area contributed by atoms with Gasteiger partial charge in [-0.15, -0.1) is 0 Å². The predicted molar refractivity (Wildman–Crippen MR) is 88.6 cm³/mol. The maximum absolute atomic E-state index is 12.5. The Labute approximate surface area is 137 Å². The maximum atomic E-state index is 12.5. The van der Waals surface area contributed by atoms with E-state index in [9.17, 15) is 9.59 Å². The van der Waals surface area contributed by atoms with Crippen molar-refractivity contribution in [3.63, 3.8) is 0 Å². The van der Waals surface area contributed by atoms with Gasteiger partial charge in [-0.3, -0.25) is 14.6 Å². The molecule has 1 aromatic heterocycles. The highest BCUT2D eigenvalue weighted by molar-refractivity contribution is 5.78. The second-order valence-corrected chi connectivity index (χ2v) is 5.93. The first-order valence-corrected chi connectivity index (χ1v) is 8.36. The Morgan fingerprint density at radius 1 is 1.26 bits per heavy atom. The van der Waals surface area contributed by atoms with Crippen molar-refractivity contribution in [3.8, 4) is 0 Å². The highest BCUT2D eigenvalue weighted by Crippen LogP contribution is 2.18. The Bertz CT molecular complexity index is 507. The quantitative estimate of drug-likeness (QED) is 0.780. The van der Waals surface area contributed by atoms with E-state index in [-0.39, 0.29) is 17.9 Å². The number of amides is 2. The smallest absolute Gasteiger partial charge is 0.223 e. The highest BCUT2D eigenvalue weighted by Gasteiger charge is 2.26. The molecule has 0 radical (unpaired) electrons. The van der Waals surface area contributed by atoms with Crippen LogP contribution in [-0.2, 0) is 16.0 Å². The van der Waals surface area contributed by atoms with E-state index < -0.39 is 0 Å². The van der Waals surface area contributed by atoms with Gasteiger partial charge in [-0.2, -0.15) is 0 Å². The second-order valence-electron chi connectivity index (χ2n) is 5.93. The summed E-state index contributed by atoms with van der Waals surface area (Å²) in [4.78, 5) is 30.0. The summed E-state index contributed by atoms with van der Waals surface area (Å²) in [5, 5.41) is 2.89. The summed E-state index contributed by atoms with van der Waals surface area (Å²) in [6.07, 6.45) is 8.14. The van der Waals surface area contributed by atoms with Crippen LogP contribution >= 0.6 is 0 Å². The van der Waals surface area contributed by atoms with Crippen LogP contribution in [0.1, 0.15) is 37.7 Å². The summed E-state index contributed by atoms with van der Waals surface area (Å²) in [5.74, 6) is 0.127. The van der Waals surface area contributed by atoms with Crippen LogP contribution in [0, 0.1) is 0 Å². The van der Waals surface area contributed by atoms with E-state index in [0.29, 0.717) is 25.9 Å². The van der Waals surface area contributed by atoms with Crippen molar-refractivity contribution in [2.45, 2.75) is 44.6 Å². The van der Waals surface area contributed by atoms with Crippen molar-refractivity contribution in [3.05, 3.63) is 30.1 Å². The van der Waals surface area contributed by atoms with Gasteiger partial charge in [-0.25, -0.2) is 0 Å². The molecule has 2 rings (SSSR count). The number of hydrogen-bond donors (Lipinski definition) is 2. The molecule has 0 saturated carbocycles. The second kappa shape index (κ2) is 9.25. The Morgan fingerprint density at radius 3 is 2.78 bits per heavy atom. The highest BCUT2D eigenvalue weighted by atomic mass is 16.2. The van der Waals surface area contributed by atoms with Crippen molar-refractivity contribution < 1.29 is 9.59 Å². The molecule has 1 aliphatic heterocycles. The predicted octanol–water partition coefficient (Wildman–Crippen LogP) is 0.860. The molecule has 1 fully saturated rings. The monoisotopic (exact) mass is 318 g/mol. The lowest BCUT2D eigenvalue weighted by Crippen LogP contribution is -2.49. The summed E-state index contributed by atoms with van der Waals surface area (Å²) in [6, 6.07) is 3.98. The average molecular weight is 318 g/mol. The summed E-state index contributed by atoms with van der Waals surface area (Å²) in [6.45, 7) is 1.66. The molecular weight excluding hydrogens is 292 g/mol. The number of carbonyl (C=O) groups excluding carboxylic acids is 2. The molecule has 2 heterocycles. The molecule has 1 aromatic rings. The fourth-order valence-electron chi connectivity index (χ4n) is 2.94. The molecule has 0 spiro atoms. The van der Waals surface area contributed by atoms with Crippen LogP contribution in [0.2, 0.25) is 0 Å². The average Bonchev–Trinajstić information content (AvgIpc) is 2.59. The minimum Gasteiger partial charge on any atom is -0.354 e. The van der Waals surface area contributed by atoms with E-state index in [1.807, 2.05) is 17.0 Å². The van der Waals surface area contributed by atoms with Crippen LogP contribution in [0.5, 0.6) is 0 Å². The fraction of sp³-hybridized carbons (Fsp3) is 0.588. The van der Waals surface area contributed by atoms with Crippen LogP contribution in [0.25, 0.3) is 0 Å². The third-order valence-corrected chi connectivity index (χ3v) is 4.23. The number of hydrogen-bond acceptors (Lipinski definition) is 4. The number of carbonyl (C=O) groups is 2. The van der Waals surface area contributed by atoms with Gasteiger partial charge in [0.1, 0.15) is 0 Å². The third kappa shape index (κ3) is 5.63. The first-order valence-electron chi connectivity index (χ1n) is 8.36. The first kappa shape index (κ1) is 17.4. The molecule has 2 amide bonds. The Morgan fingerprint density at radius 2 is 2.04 bits per heavy atom. The Kier molecular flexibility index (Phi) is 7.00. The zero-order valence-corrected chi connectivity index (χ0v) is 13.5. The van der Waals surface area contributed by atoms with Crippen molar-refractivity contribution in [1.82, 2.24) is 15.2 Å². The standard InChI is InChI=1S/C17H26N4O2/c18-9-6-16(22)20-13-15-3-1-2-12-21(15)17(23)5-4-14-7-10-19-11-8-14/h7-8,10-11,15H,1-6,9,12-13,18H2,(H,20,22). The normalized spacial score (nSPS) is 17.8. The summed E-state index contributed by atoms with van der Waals surface area (Å²) >= 11 is 0. The molecule has 6 heteroatoms. The van der Waals surface area contributed by atoms with E-state index in [0.717, 1.165) is 37.8 Å². The van der Waals surface area contributed by atoms with Crippen LogP contribution in [0.3, 0.4) is 0 Å². The zero-order valence-electron chi connectivity index (χ0n) is 13.5. The molecule has 6 nitrogen and oxygen atoms in total. The van der Waals surface area contributed by atoms with Gasteiger partial charge in [0.2, 0.25) is 11.8 Å². The first-order chi connectivity index (χ1) is 11.2. The Balaban J connectivity index is 1.84. The lowest BCUT2D eigenvalue weighted by atomic mass is 10.0. The number of nitrogens with two attached hydrogens (primary N) is 1. The number of nitrogens with one attached hydrogen (secondary N) is 1. The van der Waals surface area contributed by atoms with E-state index in [1.165, 1.54) is 0 Å². The van der Waals surface area contributed by atoms with Crippen molar-refractivity contribution in [2.75, 3.05) is 19.6 Å². The molecule has 126 valence electrons. The minimum absolute atomic E-state index is 0.0396. The molecule has 3 N–H and O–H groups in total. The molecule has 1 atom stereocenters. The van der Waals surface area contributed by atoms with Crippen LogP contribution in [0.4, 0.5) is 0 Å². The van der Waals surface area contributed by atoms with E-state index in [1.54, 1.807) is 12.4 Å². The molecule has 1 aliphatic rings. The van der Waals surface area contributed by atoms with E-state index in [2.05, 4.69) is 10.3 Å². The van der Waals surface area contributed by atoms with Gasteiger partial charge in [0.15, 0.2) is 0 Å². The number of nitrogens with zero attached hydrogens (tertiary/aromatic N) is 2. The van der Waals surface area contributed by atoms with Crippen molar-refractivity contribution >= 4 is 11.8 Å². The largest absolute Gasteiger partial charge is 0.354 e. The van der Waals surface area contributed by atoms with Crippen molar-refractivity contribution in [1.29, 1.82) is 0 Å². The van der Waals surface area contributed by atoms with Gasteiger partial charge in [-0.05, 0) is 43.4 Å². The molecule has 1 unspecified atom stereocenters. The number of likely N-dealkylation sites (tertiary alicyclic amines) is 1. The van der Waals surface area contributed by atoms with Gasteiger partial charge in [0.05, 0.1) is 0 Å². The number of piperidine rings is 1. The van der Waals surface area contributed by atoms with Gasteiger partial charge < -0.3 is 16.0 Å². The van der Waals surface area contributed by atoms with Crippen molar-refractivity contribution in [2.24, 2.45) is 5.73 Å². The van der Waals surface area contributed by atoms with Gasteiger partial charge in [-0.1, -0.05) is 0 Å². The van der Waals surface area contributed by atoms with Crippen LogP contribution in [0.15, 0.2) is 24.5 Å². The van der Waals surface area contributed by atoms with Crippen LogP contribution < -0.4 is 11.1 Å². The zero-order chi connectivity index (χ0) is 16.5.